The second-order valence-corrected chi connectivity index (χ2v) is 7.71. The van der Waals surface area contributed by atoms with Gasteiger partial charge >= 0.3 is 0 Å². The average Bonchev–Trinajstić information content (AvgIpc) is 2.53. The van der Waals surface area contributed by atoms with Gasteiger partial charge in [-0.05, 0) is 42.7 Å². The molecule has 0 radical (unpaired) electrons. The van der Waals surface area contributed by atoms with E-state index in [1.165, 1.54) is 6.07 Å². The standard InChI is InChI=1S/C18H22N2O3S/c1-13(2)12-19-18(21)15-10-9-14(3)17(11-15)24(22,23)20-16-7-5-4-6-8-16/h4-11,13,20H,12H2,1-3H3,(H,19,21). The van der Waals surface area contributed by atoms with E-state index in [1.54, 1.807) is 43.3 Å². The Hall–Kier alpha value is -2.34. The van der Waals surface area contributed by atoms with Crippen molar-refractivity contribution in [1.82, 2.24) is 5.32 Å². The highest BCUT2D eigenvalue weighted by atomic mass is 32.2. The Morgan fingerprint density at radius 1 is 1.08 bits per heavy atom. The minimum atomic E-state index is -3.76. The van der Waals surface area contributed by atoms with Crippen molar-refractivity contribution in [1.29, 1.82) is 0 Å². The van der Waals surface area contributed by atoms with Gasteiger partial charge in [0.25, 0.3) is 15.9 Å². The second kappa shape index (κ2) is 7.49. The van der Waals surface area contributed by atoms with Gasteiger partial charge in [-0.1, -0.05) is 38.1 Å². The fourth-order valence-corrected chi connectivity index (χ4v) is 3.48. The van der Waals surface area contributed by atoms with Crippen LogP contribution in [0.5, 0.6) is 0 Å². The molecule has 2 aromatic carbocycles. The number of sulfonamides is 1. The SMILES string of the molecule is Cc1ccc(C(=O)NCC(C)C)cc1S(=O)(=O)Nc1ccccc1. The largest absolute Gasteiger partial charge is 0.352 e. The summed E-state index contributed by atoms with van der Waals surface area (Å²) in [5.41, 5.74) is 1.39. The minimum Gasteiger partial charge on any atom is -0.352 e. The van der Waals surface area contributed by atoms with Crippen molar-refractivity contribution in [3.63, 3.8) is 0 Å². The fraction of sp³-hybridized carbons (Fsp3) is 0.278. The van der Waals surface area contributed by atoms with E-state index in [0.29, 0.717) is 29.3 Å². The fourth-order valence-electron chi connectivity index (χ4n) is 2.15. The summed E-state index contributed by atoms with van der Waals surface area (Å²) in [5.74, 6) is 0.0437. The molecule has 0 unspecified atom stereocenters. The lowest BCUT2D eigenvalue weighted by Crippen LogP contribution is -2.27. The lowest BCUT2D eigenvalue weighted by Gasteiger charge is -2.13. The molecule has 0 saturated carbocycles. The Morgan fingerprint density at radius 2 is 1.75 bits per heavy atom. The van der Waals surface area contributed by atoms with E-state index >= 15 is 0 Å². The summed E-state index contributed by atoms with van der Waals surface area (Å²) < 4.78 is 27.8. The molecule has 2 rings (SSSR count). The maximum Gasteiger partial charge on any atom is 0.262 e. The highest BCUT2D eigenvalue weighted by Gasteiger charge is 2.19. The Labute approximate surface area is 143 Å². The highest BCUT2D eigenvalue weighted by molar-refractivity contribution is 7.92. The number of carbonyl (C=O) groups excluding carboxylic acids is 1. The molecule has 6 heteroatoms. The molecule has 2 N–H and O–H groups in total. The zero-order valence-corrected chi connectivity index (χ0v) is 14.9. The van der Waals surface area contributed by atoms with E-state index in [1.807, 2.05) is 19.9 Å². The highest BCUT2D eigenvalue weighted by Crippen LogP contribution is 2.20. The van der Waals surface area contributed by atoms with Crippen molar-refractivity contribution in [3.05, 3.63) is 59.7 Å². The molecule has 2 aromatic rings. The van der Waals surface area contributed by atoms with Crippen LogP contribution in [0.1, 0.15) is 29.8 Å². The van der Waals surface area contributed by atoms with Crippen LogP contribution >= 0.6 is 0 Å². The Bertz CT molecular complexity index is 815. The molecule has 0 aliphatic carbocycles. The molecule has 0 spiro atoms. The third kappa shape index (κ3) is 4.58. The van der Waals surface area contributed by atoms with Crippen molar-refractivity contribution in [2.75, 3.05) is 11.3 Å². The molecule has 0 heterocycles. The van der Waals surface area contributed by atoms with Crippen LogP contribution in [-0.4, -0.2) is 20.9 Å². The van der Waals surface area contributed by atoms with Crippen LogP contribution in [0.3, 0.4) is 0 Å². The van der Waals surface area contributed by atoms with Crippen LogP contribution in [0.15, 0.2) is 53.4 Å². The first-order valence-electron chi connectivity index (χ1n) is 7.76. The van der Waals surface area contributed by atoms with E-state index in [4.69, 9.17) is 0 Å². The van der Waals surface area contributed by atoms with Gasteiger partial charge in [-0.2, -0.15) is 0 Å². The molecule has 5 nitrogen and oxygen atoms in total. The van der Waals surface area contributed by atoms with Gasteiger partial charge in [0.15, 0.2) is 0 Å². The van der Waals surface area contributed by atoms with Gasteiger partial charge in [-0.15, -0.1) is 0 Å². The summed E-state index contributed by atoms with van der Waals surface area (Å²) in [6, 6.07) is 13.3. The summed E-state index contributed by atoms with van der Waals surface area (Å²) in [6.45, 7) is 6.23. The number of rotatable bonds is 6. The number of hydrogen-bond acceptors (Lipinski definition) is 3. The van der Waals surface area contributed by atoms with Gasteiger partial charge in [-0.3, -0.25) is 9.52 Å². The van der Waals surface area contributed by atoms with E-state index in [-0.39, 0.29) is 10.8 Å². The van der Waals surface area contributed by atoms with Crippen molar-refractivity contribution >= 4 is 21.6 Å². The summed E-state index contributed by atoms with van der Waals surface area (Å²) in [5, 5.41) is 2.79. The number of amides is 1. The Kier molecular flexibility index (Phi) is 5.62. The maximum absolute atomic E-state index is 12.6. The van der Waals surface area contributed by atoms with Crippen LogP contribution in [0, 0.1) is 12.8 Å². The van der Waals surface area contributed by atoms with Crippen molar-refractivity contribution in [3.8, 4) is 0 Å². The summed E-state index contributed by atoms with van der Waals surface area (Å²) >= 11 is 0. The molecular formula is C18H22N2O3S. The van der Waals surface area contributed by atoms with E-state index in [0.717, 1.165) is 0 Å². The molecular weight excluding hydrogens is 324 g/mol. The molecule has 1 amide bonds. The molecule has 0 atom stereocenters. The number of hydrogen-bond donors (Lipinski definition) is 2. The van der Waals surface area contributed by atoms with Crippen molar-refractivity contribution in [2.45, 2.75) is 25.7 Å². The number of para-hydroxylation sites is 1. The molecule has 0 bridgehead atoms. The second-order valence-electron chi connectivity index (χ2n) is 6.06. The molecule has 0 aliphatic rings. The molecule has 0 fully saturated rings. The third-order valence-electron chi connectivity index (χ3n) is 3.44. The number of benzene rings is 2. The van der Waals surface area contributed by atoms with Gasteiger partial charge in [0, 0.05) is 17.8 Å². The van der Waals surface area contributed by atoms with Gasteiger partial charge in [0.2, 0.25) is 0 Å². The number of nitrogens with one attached hydrogen (secondary N) is 2. The molecule has 128 valence electrons. The van der Waals surface area contributed by atoms with E-state index < -0.39 is 10.0 Å². The van der Waals surface area contributed by atoms with Gasteiger partial charge in [0.05, 0.1) is 4.90 Å². The van der Waals surface area contributed by atoms with Crippen LogP contribution in [0.2, 0.25) is 0 Å². The number of anilines is 1. The van der Waals surface area contributed by atoms with Crippen molar-refractivity contribution in [2.24, 2.45) is 5.92 Å². The van der Waals surface area contributed by atoms with Crippen LogP contribution in [0.25, 0.3) is 0 Å². The minimum absolute atomic E-state index is 0.101. The van der Waals surface area contributed by atoms with E-state index in [9.17, 15) is 13.2 Å². The van der Waals surface area contributed by atoms with Crippen LogP contribution in [0.4, 0.5) is 5.69 Å². The quantitative estimate of drug-likeness (QED) is 0.843. The lowest BCUT2D eigenvalue weighted by molar-refractivity contribution is 0.0949. The Morgan fingerprint density at radius 3 is 2.38 bits per heavy atom. The first-order chi connectivity index (χ1) is 11.3. The molecule has 0 aliphatic heterocycles. The predicted octanol–water partition coefficient (Wildman–Crippen LogP) is 3.18. The summed E-state index contributed by atoms with van der Waals surface area (Å²) in [7, 11) is -3.76. The predicted molar refractivity (Wildman–Crippen MR) is 95.6 cm³/mol. The maximum atomic E-state index is 12.6. The topological polar surface area (TPSA) is 75.3 Å². The third-order valence-corrected chi connectivity index (χ3v) is 4.96. The van der Waals surface area contributed by atoms with Gasteiger partial charge in [0.1, 0.15) is 0 Å². The molecule has 0 saturated heterocycles. The van der Waals surface area contributed by atoms with Gasteiger partial charge in [-0.25, -0.2) is 8.42 Å². The molecule has 0 aromatic heterocycles. The normalized spacial score (nSPS) is 11.3. The molecule has 24 heavy (non-hydrogen) atoms. The number of carbonyl (C=O) groups is 1. The van der Waals surface area contributed by atoms with E-state index in [2.05, 4.69) is 10.0 Å². The average molecular weight is 346 g/mol. The zero-order chi connectivity index (χ0) is 17.7. The monoisotopic (exact) mass is 346 g/mol. The van der Waals surface area contributed by atoms with Gasteiger partial charge < -0.3 is 5.32 Å². The summed E-state index contributed by atoms with van der Waals surface area (Å²) in [6.07, 6.45) is 0. The first kappa shape index (κ1) is 18.0. The smallest absolute Gasteiger partial charge is 0.262 e. The van der Waals surface area contributed by atoms with Crippen LogP contribution in [-0.2, 0) is 10.0 Å². The summed E-state index contributed by atoms with van der Waals surface area (Å²) in [4.78, 5) is 12.3. The lowest BCUT2D eigenvalue weighted by atomic mass is 10.1. The first-order valence-corrected chi connectivity index (χ1v) is 9.24. The zero-order valence-electron chi connectivity index (χ0n) is 14.0. The Balaban J connectivity index is 2.29. The van der Waals surface area contributed by atoms with Crippen LogP contribution < -0.4 is 10.0 Å². The number of aryl methyl sites for hydroxylation is 1. The van der Waals surface area contributed by atoms with Crippen molar-refractivity contribution < 1.29 is 13.2 Å².